The molecular weight excluding hydrogens is 753 g/mol. The Labute approximate surface area is 339 Å². The third-order valence-corrected chi connectivity index (χ3v) is 11.8. The van der Waals surface area contributed by atoms with E-state index in [-0.39, 0.29) is 46.4 Å². The number of rotatable bonds is 9. The summed E-state index contributed by atoms with van der Waals surface area (Å²) in [6.07, 6.45) is 6.13. The number of cyclic esters (lactones) is 1. The molecule has 3 aromatic rings. The van der Waals surface area contributed by atoms with Gasteiger partial charge >= 0.3 is 12.2 Å². The maximum atomic E-state index is 15.2. The number of carbonyl (C=O) groups excluding carboxylic acids is 4. The molecule has 0 radical (unpaired) electrons. The molecule has 0 bridgehead atoms. The molecule has 4 aliphatic heterocycles. The van der Waals surface area contributed by atoms with E-state index in [0.717, 1.165) is 45.0 Å². The number of benzene rings is 2. The Morgan fingerprint density at radius 2 is 1.67 bits per heavy atom. The fourth-order valence-corrected chi connectivity index (χ4v) is 8.60. The van der Waals surface area contributed by atoms with Gasteiger partial charge in [0, 0.05) is 85.5 Å². The second-order valence-corrected chi connectivity index (χ2v) is 15.6. The van der Waals surface area contributed by atoms with Gasteiger partial charge in [0.25, 0.3) is 0 Å². The molecule has 1 saturated carbocycles. The minimum Gasteiger partial charge on any atom is -0.449 e. The van der Waals surface area contributed by atoms with E-state index in [2.05, 4.69) is 30.8 Å². The number of nitrogens with one attached hydrogen (secondary N) is 3. The van der Waals surface area contributed by atoms with Crippen molar-refractivity contribution in [1.82, 2.24) is 25.1 Å². The van der Waals surface area contributed by atoms with Crippen molar-refractivity contribution in [1.29, 1.82) is 0 Å². The Morgan fingerprint density at radius 3 is 2.41 bits per heavy atom. The van der Waals surface area contributed by atoms with Crippen molar-refractivity contribution in [2.24, 2.45) is 0 Å². The van der Waals surface area contributed by atoms with Crippen molar-refractivity contribution in [3.8, 4) is 11.3 Å². The van der Waals surface area contributed by atoms with Gasteiger partial charge in [-0.05, 0) is 81.7 Å². The van der Waals surface area contributed by atoms with Gasteiger partial charge in [-0.3, -0.25) is 24.7 Å². The van der Waals surface area contributed by atoms with Crippen molar-refractivity contribution in [3.05, 3.63) is 60.3 Å². The number of nitrogens with zero attached hydrogens (tertiary/aromatic N) is 6. The lowest BCUT2D eigenvalue weighted by molar-refractivity contribution is -0.133. The highest BCUT2D eigenvalue weighted by atomic mass is 19.1. The zero-order valence-corrected chi connectivity index (χ0v) is 32.3. The van der Waals surface area contributed by atoms with E-state index in [0.29, 0.717) is 99.6 Å². The fourth-order valence-electron chi connectivity index (χ4n) is 8.60. The van der Waals surface area contributed by atoms with Crippen molar-refractivity contribution >= 4 is 47.0 Å². The number of imide groups is 1. The first-order valence-corrected chi connectivity index (χ1v) is 20.3. The third-order valence-electron chi connectivity index (χ3n) is 11.8. The van der Waals surface area contributed by atoms with Gasteiger partial charge in [-0.25, -0.2) is 28.3 Å². The number of hydrogen-bond acceptors (Lipinski definition) is 12. The third kappa shape index (κ3) is 9.09. The quantitative estimate of drug-likeness (QED) is 0.221. The number of piperidine rings is 2. The Bertz CT molecular complexity index is 2020. The van der Waals surface area contributed by atoms with Crippen LogP contribution in [-0.2, 0) is 19.1 Å². The Morgan fingerprint density at radius 1 is 0.879 bits per heavy atom. The first-order valence-electron chi connectivity index (χ1n) is 20.3. The molecule has 4 saturated heterocycles. The van der Waals surface area contributed by atoms with E-state index < -0.39 is 23.9 Å². The molecule has 17 heteroatoms. The van der Waals surface area contributed by atoms with Gasteiger partial charge in [0.05, 0.1) is 18.5 Å². The highest BCUT2D eigenvalue weighted by Crippen LogP contribution is 2.31. The van der Waals surface area contributed by atoms with Gasteiger partial charge in [-0.2, -0.15) is 0 Å². The van der Waals surface area contributed by atoms with Crippen LogP contribution < -0.4 is 25.8 Å². The van der Waals surface area contributed by atoms with Crippen LogP contribution in [0.2, 0.25) is 0 Å². The summed E-state index contributed by atoms with van der Waals surface area (Å²) in [6, 6.07) is 11.7. The Balaban J connectivity index is 0.00000235. The second-order valence-electron chi connectivity index (χ2n) is 15.6. The number of halogens is 2. The first kappa shape index (κ1) is 39.3. The molecule has 3 N–H and O–H groups in total. The Kier molecular flexibility index (Phi) is 11.8. The fraction of sp³-hybridized carbons (Fsp3) is 0.512. The number of anilines is 4. The molecule has 5 heterocycles. The lowest BCUT2D eigenvalue weighted by atomic mass is 9.93. The van der Waals surface area contributed by atoms with Crippen LogP contribution in [0.3, 0.4) is 0 Å². The summed E-state index contributed by atoms with van der Waals surface area (Å²) >= 11 is 0. The molecule has 5 aliphatic rings. The molecule has 2 aromatic carbocycles. The SMILES string of the molecule is O=C1CCC(Nc2ccc(N3CCN(C4CCN(C(=O)OC5CCC(Nc6ncc(F)c(-c7cccc(N8CCCOC8=O)c7)n6)CC5)CC4)CC3)c(F)c2)C(=O)N1.[HH].[HH].[HH]. The summed E-state index contributed by atoms with van der Waals surface area (Å²) in [5, 5.41) is 8.68. The monoisotopic (exact) mass is 807 g/mol. The molecule has 15 nitrogen and oxygen atoms in total. The maximum Gasteiger partial charge on any atom is 0.414 e. The average Bonchev–Trinajstić information content (AvgIpc) is 3.24. The zero-order valence-electron chi connectivity index (χ0n) is 32.3. The van der Waals surface area contributed by atoms with Crippen LogP contribution in [0.25, 0.3) is 11.3 Å². The normalized spacial score (nSPS) is 23.6. The van der Waals surface area contributed by atoms with Gasteiger partial charge in [0.2, 0.25) is 17.8 Å². The van der Waals surface area contributed by atoms with E-state index in [1.807, 2.05) is 4.90 Å². The molecule has 0 spiro atoms. The molecule has 4 amide bonds. The van der Waals surface area contributed by atoms with Gasteiger partial charge < -0.3 is 29.9 Å². The minimum absolute atomic E-state index is 0. The highest BCUT2D eigenvalue weighted by molar-refractivity contribution is 6.01. The number of piperazine rings is 1. The summed E-state index contributed by atoms with van der Waals surface area (Å²) in [6.45, 7) is 5.08. The summed E-state index contributed by atoms with van der Waals surface area (Å²) < 4.78 is 41.3. The number of likely N-dealkylation sites (tertiary alicyclic amines) is 1. The molecule has 58 heavy (non-hydrogen) atoms. The molecule has 1 aliphatic carbocycles. The summed E-state index contributed by atoms with van der Waals surface area (Å²) in [5.41, 5.74) is 2.30. The average molecular weight is 808 g/mol. The molecule has 314 valence electrons. The standard InChI is InChI=1S/C41H49F2N9O6.3H2/c42-32-24-28(45-34-10-12-36(53)47-38(34)54)7-11-35(32)50-20-18-49(19-21-50)29-13-16-51(17-14-29)40(55)58-31-8-5-27(6-9-31)46-39-44-25-33(43)37(48-39)26-3-1-4-30(23-26)52-15-2-22-57-41(52)56;;;/h1,3-4,7,11,23-25,27,29,31,34,45H,2,5-6,8-10,12-22H2,(H,44,46,48)(H,47,53,54);3*1H. The number of aromatic nitrogens is 2. The van der Waals surface area contributed by atoms with Crippen LogP contribution in [0.1, 0.15) is 62.1 Å². The number of carbonyl (C=O) groups is 4. The smallest absolute Gasteiger partial charge is 0.414 e. The van der Waals surface area contributed by atoms with Crippen LogP contribution >= 0.6 is 0 Å². The first-order chi connectivity index (χ1) is 28.2. The molecule has 1 aromatic heterocycles. The highest BCUT2D eigenvalue weighted by Gasteiger charge is 2.33. The van der Waals surface area contributed by atoms with E-state index in [4.69, 9.17) is 9.47 Å². The Hall–Kier alpha value is -5.58. The second kappa shape index (κ2) is 17.5. The van der Waals surface area contributed by atoms with Crippen molar-refractivity contribution in [2.75, 3.05) is 72.9 Å². The number of hydrogen-bond donors (Lipinski definition) is 3. The van der Waals surface area contributed by atoms with E-state index >= 15 is 4.39 Å². The van der Waals surface area contributed by atoms with Crippen LogP contribution in [-0.4, -0.2) is 120 Å². The van der Waals surface area contributed by atoms with Crippen molar-refractivity contribution < 1.29 is 41.7 Å². The van der Waals surface area contributed by atoms with E-state index in [1.54, 1.807) is 41.3 Å². The summed E-state index contributed by atoms with van der Waals surface area (Å²) in [7, 11) is 0. The molecule has 1 atom stereocenters. The molecule has 1 unspecified atom stereocenters. The molecule has 8 rings (SSSR count). The van der Waals surface area contributed by atoms with Crippen LogP contribution in [0.15, 0.2) is 48.7 Å². The zero-order chi connectivity index (χ0) is 40.2. The summed E-state index contributed by atoms with van der Waals surface area (Å²) in [4.78, 5) is 65.4. The van der Waals surface area contributed by atoms with E-state index in [9.17, 15) is 23.6 Å². The van der Waals surface area contributed by atoms with Crippen LogP contribution in [0.4, 0.5) is 41.4 Å². The largest absolute Gasteiger partial charge is 0.449 e. The van der Waals surface area contributed by atoms with Crippen LogP contribution in [0, 0.1) is 11.6 Å². The predicted molar refractivity (Wildman–Crippen MR) is 218 cm³/mol. The van der Waals surface area contributed by atoms with Gasteiger partial charge in [-0.15, -0.1) is 0 Å². The van der Waals surface area contributed by atoms with Gasteiger partial charge in [0.1, 0.15) is 23.7 Å². The summed E-state index contributed by atoms with van der Waals surface area (Å²) in [5.74, 6) is -1.30. The maximum absolute atomic E-state index is 15.2. The topological polar surface area (TPSA) is 162 Å². The molecule has 5 fully saturated rings. The number of amides is 4. The van der Waals surface area contributed by atoms with E-state index in [1.165, 1.54) is 11.0 Å². The van der Waals surface area contributed by atoms with Crippen molar-refractivity contribution in [3.63, 3.8) is 0 Å². The predicted octanol–water partition coefficient (Wildman–Crippen LogP) is 5.87. The van der Waals surface area contributed by atoms with Crippen LogP contribution in [0.5, 0.6) is 0 Å². The van der Waals surface area contributed by atoms with Crippen molar-refractivity contribution in [2.45, 2.75) is 82.0 Å². The van der Waals surface area contributed by atoms with Gasteiger partial charge in [-0.1, -0.05) is 12.1 Å². The lowest BCUT2D eigenvalue weighted by Crippen LogP contribution is -2.54. The van der Waals surface area contributed by atoms with Gasteiger partial charge in [0.15, 0.2) is 5.82 Å². The molecular formula is C41H55F2N9O6. The minimum atomic E-state index is -0.572. The number of ether oxygens (including phenoxy) is 2. The lowest BCUT2D eigenvalue weighted by Gasteiger charge is -2.43.